The van der Waals surface area contributed by atoms with Crippen molar-refractivity contribution in [1.82, 2.24) is 0 Å². The molecule has 0 bridgehead atoms. The number of para-hydroxylation sites is 1. The molecule has 0 aliphatic carbocycles. The molecule has 1 heterocycles. The number of anilines is 1. The van der Waals surface area contributed by atoms with E-state index in [4.69, 9.17) is 0 Å². The summed E-state index contributed by atoms with van der Waals surface area (Å²) in [4.78, 5) is 2.43. The van der Waals surface area contributed by atoms with Gasteiger partial charge in [0.25, 0.3) is 0 Å². The van der Waals surface area contributed by atoms with Gasteiger partial charge in [-0.1, -0.05) is 64.8 Å². The predicted molar refractivity (Wildman–Crippen MR) is 93.1 cm³/mol. The Morgan fingerprint density at radius 3 is 2.30 bits per heavy atom. The first-order valence-electron chi connectivity index (χ1n) is 6.71. The standard InChI is InChI=1S/C18H16IN/c1-18(2,19)20-13-16-9-4-3-7-14(16)11-12-15-8-5-6-10-17(15)20/h3-10H,13H2,1-2H3. The van der Waals surface area contributed by atoms with Gasteiger partial charge in [0.05, 0.1) is 9.23 Å². The van der Waals surface area contributed by atoms with Crippen molar-refractivity contribution in [3.8, 4) is 11.8 Å². The molecule has 20 heavy (non-hydrogen) atoms. The van der Waals surface area contributed by atoms with Crippen molar-refractivity contribution in [3.05, 3.63) is 65.2 Å². The van der Waals surface area contributed by atoms with Crippen LogP contribution >= 0.6 is 22.6 Å². The van der Waals surface area contributed by atoms with Crippen LogP contribution in [0.1, 0.15) is 30.5 Å². The van der Waals surface area contributed by atoms with Crippen molar-refractivity contribution in [2.45, 2.75) is 23.9 Å². The van der Waals surface area contributed by atoms with Gasteiger partial charge in [0, 0.05) is 17.7 Å². The molecule has 0 amide bonds. The lowest BCUT2D eigenvalue weighted by Crippen LogP contribution is -2.39. The molecule has 2 aromatic rings. The summed E-state index contributed by atoms with van der Waals surface area (Å²) in [7, 11) is 0. The second-order valence-corrected chi connectivity index (χ2v) is 8.06. The molecule has 1 aliphatic heterocycles. The molecule has 2 aromatic carbocycles. The van der Waals surface area contributed by atoms with Crippen LogP contribution in [0.15, 0.2) is 48.5 Å². The van der Waals surface area contributed by atoms with E-state index in [1.165, 1.54) is 11.3 Å². The van der Waals surface area contributed by atoms with Gasteiger partial charge >= 0.3 is 0 Å². The summed E-state index contributed by atoms with van der Waals surface area (Å²) in [6.45, 7) is 5.36. The molecule has 0 saturated carbocycles. The van der Waals surface area contributed by atoms with Crippen molar-refractivity contribution < 1.29 is 0 Å². The summed E-state index contributed by atoms with van der Waals surface area (Å²) < 4.78 is 0.0278. The minimum Gasteiger partial charge on any atom is -0.352 e. The Hall–Kier alpha value is -1.47. The number of nitrogens with zero attached hydrogens (tertiary/aromatic N) is 1. The summed E-state index contributed by atoms with van der Waals surface area (Å²) in [5.74, 6) is 6.64. The maximum atomic E-state index is 3.33. The fraction of sp³-hybridized carbons (Fsp3) is 0.222. The van der Waals surface area contributed by atoms with Crippen LogP contribution < -0.4 is 4.90 Å². The van der Waals surface area contributed by atoms with Crippen LogP contribution in [0.5, 0.6) is 0 Å². The molecule has 0 unspecified atom stereocenters. The smallest absolute Gasteiger partial charge is 0.0865 e. The monoisotopic (exact) mass is 373 g/mol. The van der Waals surface area contributed by atoms with Crippen molar-refractivity contribution in [3.63, 3.8) is 0 Å². The Labute approximate surface area is 134 Å². The zero-order valence-corrected chi connectivity index (χ0v) is 13.8. The summed E-state index contributed by atoms with van der Waals surface area (Å²) >= 11 is 2.50. The molecular formula is C18H16IN. The normalized spacial score (nSPS) is 13.4. The number of fused-ring (bicyclic) bond motifs is 2. The van der Waals surface area contributed by atoms with E-state index in [-0.39, 0.29) is 3.55 Å². The van der Waals surface area contributed by atoms with E-state index in [2.05, 4.69) is 102 Å². The van der Waals surface area contributed by atoms with Crippen molar-refractivity contribution in [1.29, 1.82) is 0 Å². The van der Waals surface area contributed by atoms with Gasteiger partial charge in [-0.15, -0.1) is 0 Å². The lowest BCUT2D eigenvalue weighted by molar-refractivity contribution is 0.657. The van der Waals surface area contributed by atoms with Gasteiger partial charge in [-0.2, -0.15) is 0 Å². The molecule has 1 nitrogen and oxygen atoms in total. The molecular weight excluding hydrogens is 357 g/mol. The van der Waals surface area contributed by atoms with Crippen LogP contribution in [-0.2, 0) is 6.54 Å². The second-order valence-electron chi connectivity index (χ2n) is 5.42. The molecule has 3 rings (SSSR count). The number of hydrogen-bond donors (Lipinski definition) is 0. The average molecular weight is 373 g/mol. The van der Waals surface area contributed by atoms with Gasteiger partial charge in [-0.3, -0.25) is 0 Å². The highest BCUT2D eigenvalue weighted by Crippen LogP contribution is 2.34. The average Bonchev–Trinajstić information content (AvgIpc) is 2.40. The minimum atomic E-state index is 0.0278. The van der Waals surface area contributed by atoms with Gasteiger partial charge in [0.2, 0.25) is 0 Å². The van der Waals surface area contributed by atoms with E-state index >= 15 is 0 Å². The molecule has 0 N–H and O–H groups in total. The Kier molecular flexibility index (Phi) is 3.47. The molecule has 0 radical (unpaired) electrons. The highest BCUT2D eigenvalue weighted by molar-refractivity contribution is 14.1. The number of alkyl halides is 1. The zero-order chi connectivity index (χ0) is 14.2. The van der Waals surface area contributed by atoms with E-state index in [9.17, 15) is 0 Å². The van der Waals surface area contributed by atoms with Gasteiger partial charge < -0.3 is 4.90 Å². The largest absolute Gasteiger partial charge is 0.352 e. The molecule has 0 fully saturated rings. The first-order valence-corrected chi connectivity index (χ1v) is 7.79. The molecule has 0 aromatic heterocycles. The molecule has 1 aliphatic rings. The fourth-order valence-corrected chi connectivity index (χ4v) is 2.89. The molecule has 2 heteroatoms. The van der Waals surface area contributed by atoms with E-state index < -0.39 is 0 Å². The first kappa shape index (κ1) is 13.5. The summed E-state index contributed by atoms with van der Waals surface area (Å²) in [5.41, 5.74) is 4.74. The maximum Gasteiger partial charge on any atom is 0.0865 e. The van der Waals surface area contributed by atoms with Gasteiger partial charge in [0.1, 0.15) is 0 Å². The van der Waals surface area contributed by atoms with E-state index in [1.54, 1.807) is 0 Å². The minimum absolute atomic E-state index is 0.0278. The summed E-state index contributed by atoms with van der Waals surface area (Å²) in [6.07, 6.45) is 0. The highest BCUT2D eigenvalue weighted by Gasteiger charge is 2.26. The van der Waals surface area contributed by atoms with Crippen molar-refractivity contribution in [2.24, 2.45) is 0 Å². The quantitative estimate of drug-likeness (QED) is 0.306. The van der Waals surface area contributed by atoms with E-state index in [1.807, 2.05) is 0 Å². The number of benzene rings is 2. The van der Waals surface area contributed by atoms with E-state index in [0.29, 0.717) is 0 Å². The lowest BCUT2D eigenvalue weighted by Gasteiger charge is -2.37. The van der Waals surface area contributed by atoms with Gasteiger partial charge in [-0.05, 0) is 37.6 Å². The third kappa shape index (κ3) is 2.55. The summed E-state index contributed by atoms with van der Waals surface area (Å²) in [5, 5.41) is 0. The second kappa shape index (κ2) is 5.14. The van der Waals surface area contributed by atoms with Crippen LogP contribution in [0.2, 0.25) is 0 Å². The van der Waals surface area contributed by atoms with Crippen LogP contribution in [0.25, 0.3) is 0 Å². The number of hydrogen-bond acceptors (Lipinski definition) is 1. The Bertz CT molecular complexity index is 701. The van der Waals surface area contributed by atoms with Gasteiger partial charge in [-0.25, -0.2) is 0 Å². The molecule has 0 spiro atoms. The van der Waals surface area contributed by atoms with Crippen molar-refractivity contribution in [2.75, 3.05) is 4.90 Å². The van der Waals surface area contributed by atoms with Gasteiger partial charge in [0.15, 0.2) is 0 Å². The SMILES string of the molecule is CC(C)(I)N1Cc2ccccc2C#Cc2ccccc21. The molecule has 0 saturated heterocycles. The van der Waals surface area contributed by atoms with Crippen LogP contribution in [0.4, 0.5) is 5.69 Å². The Morgan fingerprint density at radius 2 is 1.55 bits per heavy atom. The lowest BCUT2D eigenvalue weighted by atomic mass is 10.0. The first-order chi connectivity index (χ1) is 9.55. The molecule has 100 valence electrons. The fourth-order valence-electron chi connectivity index (χ4n) is 2.46. The third-order valence-electron chi connectivity index (χ3n) is 3.51. The van der Waals surface area contributed by atoms with Crippen LogP contribution in [-0.4, -0.2) is 3.55 Å². The molecule has 0 atom stereocenters. The Balaban J connectivity index is 2.23. The van der Waals surface area contributed by atoms with Crippen LogP contribution in [0, 0.1) is 11.8 Å². The van der Waals surface area contributed by atoms with Crippen LogP contribution in [0.3, 0.4) is 0 Å². The Morgan fingerprint density at radius 1 is 0.950 bits per heavy atom. The third-order valence-corrected chi connectivity index (χ3v) is 4.10. The predicted octanol–water partition coefficient (Wildman–Crippen LogP) is 4.58. The topological polar surface area (TPSA) is 3.24 Å². The maximum absolute atomic E-state index is 3.33. The van der Waals surface area contributed by atoms with E-state index in [0.717, 1.165) is 17.7 Å². The zero-order valence-electron chi connectivity index (χ0n) is 11.7. The highest BCUT2D eigenvalue weighted by atomic mass is 127. The summed E-state index contributed by atoms with van der Waals surface area (Å²) in [6, 6.07) is 16.8. The number of halogens is 1. The number of rotatable bonds is 1. The van der Waals surface area contributed by atoms with Crippen molar-refractivity contribution >= 4 is 28.3 Å².